The van der Waals surface area contributed by atoms with Crippen LogP contribution in [0.4, 0.5) is 11.4 Å². The van der Waals surface area contributed by atoms with Crippen molar-refractivity contribution in [1.29, 1.82) is 0 Å². The van der Waals surface area contributed by atoms with Crippen molar-refractivity contribution >= 4 is 52.1 Å². The number of amides is 2. The van der Waals surface area contributed by atoms with E-state index >= 15 is 0 Å². The summed E-state index contributed by atoms with van der Waals surface area (Å²) in [6.45, 7) is 7.01. The first-order chi connectivity index (χ1) is 17.9. The fourth-order valence-corrected chi connectivity index (χ4v) is 4.69. The largest absolute Gasteiger partial charge is 0.494 e. The van der Waals surface area contributed by atoms with Gasteiger partial charge in [-0.25, -0.2) is 0 Å². The summed E-state index contributed by atoms with van der Waals surface area (Å²) in [5.41, 5.74) is 3.75. The molecule has 0 aromatic heterocycles. The molecule has 1 aliphatic heterocycles. The quantitative estimate of drug-likeness (QED) is 0.425. The molecule has 1 aliphatic rings. The van der Waals surface area contributed by atoms with Crippen molar-refractivity contribution < 1.29 is 14.3 Å². The Labute approximate surface area is 227 Å². The molecule has 0 spiro atoms. The van der Waals surface area contributed by atoms with Crippen molar-refractivity contribution in [3.63, 3.8) is 0 Å². The lowest BCUT2D eigenvalue weighted by Gasteiger charge is -2.36. The Bertz CT molecular complexity index is 1290. The maximum Gasteiger partial charge on any atom is 0.257 e. The molecule has 9 heteroatoms. The van der Waals surface area contributed by atoms with E-state index in [1.165, 1.54) is 0 Å². The van der Waals surface area contributed by atoms with Crippen molar-refractivity contribution in [2.45, 2.75) is 13.8 Å². The molecule has 3 aromatic carbocycles. The zero-order valence-corrected chi connectivity index (χ0v) is 22.4. The summed E-state index contributed by atoms with van der Waals surface area (Å²) in [7, 11) is 0. The summed E-state index contributed by atoms with van der Waals surface area (Å²) in [6, 6.07) is 20.1. The van der Waals surface area contributed by atoms with Crippen molar-refractivity contribution in [2.24, 2.45) is 0 Å². The van der Waals surface area contributed by atoms with Gasteiger partial charge in [0.05, 0.1) is 17.3 Å². The van der Waals surface area contributed by atoms with Gasteiger partial charge in [0.15, 0.2) is 5.11 Å². The number of halogens is 1. The zero-order valence-electron chi connectivity index (χ0n) is 20.8. The molecule has 7 nitrogen and oxygen atoms in total. The molecule has 0 bridgehead atoms. The first kappa shape index (κ1) is 26.4. The number of aryl methyl sites for hydroxylation is 1. The molecule has 3 aromatic rings. The molecular formula is C28H29ClN4O3S. The molecule has 0 atom stereocenters. The van der Waals surface area contributed by atoms with Gasteiger partial charge in [0.25, 0.3) is 11.8 Å². The van der Waals surface area contributed by atoms with E-state index in [1.807, 2.05) is 55.1 Å². The lowest BCUT2D eigenvalue weighted by atomic mass is 10.1. The van der Waals surface area contributed by atoms with Gasteiger partial charge < -0.3 is 19.9 Å². The average molecular weight is 537 g/mol. The number of nitrogens with zero attached hydrogens (tertiary/aromatic N) is 2. The normalized spacial score (nSPS) is 13.2. The standard InChI is InChI=1S/C28H29ClN4O3S/c1-3-36-22-11-8-20(9-12-22)26(34)31-28(37)30-21-10-13-25(24(29)18-21)32-14-16-33(17-15-32)27(35)23-7-5-4-6-19(23)2/h4-13,18H,3,14-17H2,1-2H3,(H2,30,31,34,37). The molecular weight excluding hydrogens is 508 g/mol. The minimum atomic E-state index is -0.318. The van der Waals surface area contributed by atoms with Crippen LogP contribution in [0.5, 0.6) is 5.75 Å². The van der Waals surface area contributed by atoms with Crippen LogP contribution in [0.1, 0.15) is 33.2 Å². The van der Waals surface area contributed by atoms with Crippen LogP contribution in [0.15, 0.2) is 66.7 Å². The smallest absolute Gasteiger partial charge is 0.257 e. The van der Waals surface area contributed by atoms with Gasteiger partial charge in [0.1, 0.15) is 5.75 Å². The molecule has 1 fully saturated rings. The molecule has 0 radical (unpaired) electrons. The highest BCUT2D eigenvalue weighted by atomic mass is 35.5. The topological polar surface area (TPSA) is 73.9 Å². The van der Waals surface area contributed by atoms with E-state index < -0.39 is 0 Å². The van der Waals surface area contributed by atoms with Crippen LogP contribution in [0, 0.1) is 6.92 Å². The third kappa shape index (κ3) is 6.58. The highest BCUT2D eigenvalue weighted by molar-refractivity contribution is 7.80. The number of carbonyl (C=O) groups is 2. The zero-order chi connectivity index (χ0) is 26.4. The number of nitrogens with one attached hydrogen (secondary N) is 2. The SMILES string of the molecule is CCOc1ccc(C(=O)NC(=S)Nc2ccc(N3CCN(C(=O)c4ccccc4C)CC3)c(Cl)c2)cc1. The van der Waals surface area contributed by atoms with Gasteiger partial charge in [-0.15, -0.1) is 0 Å². The minimum absolute atomic E-state index is 0.0594. The number of hydrogen-bond acceptors (Lipinski definition) is 5. The van der Waals surface area contributed by atoms with Crippen molar-refractivity contribution in [1.82, 2.24) is 10.2 Å². The van der Waals surface area contributed by atoms with E-state index in [9.17, 15) is 9.59 Å². The number of ether oxygens (including phenoxy) is 1. The molecule has 0 unspecified atom stereocenters. The van der Waals surface area contributed by atoms with Crippen LogP contribution in [0.2, 0.25) is 5.02 Å². The fourth-order valence-electron chi connectivity index (χ4n) is 4.18. The van der Waals surface area contributed by atoms with E-state index in [2.05, 4.69) is 15.5 Å². The van der Waals surface area contributed by atoms with Gasteiger partial charge >= 0.3 is 0 Å². The summed E-state index contributed by atoms with van der Waals surface area (Å²) < 4.78 is 5.40. The van der Waals surface area contributed by atoms with Gasteiger partial charge in [0.2, 0.25) is 0 Å². The molecule has 2 N–H and O–H groups in total. The van der Waals surface area contributed by atoms with Crippen molar-refractivity contribution in [3.05, 3.63) is 88.4 Å². The Morgan fingerprint density at radius 2 is 1.70 bits per heavy atom. The number of benzene rings is 3. The molecule has 192 valence electrons. The number of carbonyl (C=O) groups excluding carboxylic acids is 2. The van der Waals surface area contributed by atoms with Crippen LogP contribution in [0.3, 0.4) is 0 Å². The van der Waals surface area contributed by atoms with E-state index in [1.54, 1.807) is 30.3 Å². The van der Waals surface area contributed by atoms with Gasteiger partial charge in [-0.05, 0) is 80.2 Å². The number of thiocarbonyl (C=S) groups is 1. The first-order valence-electron chi connectivity index (χ1n) is 12.1. The summed E-state index contributed by atoms with van der Waals surface area (Å²) in [5.74, 6) is 0.444. The van der Waals surface area contributed by atoms with Gasteiger partial charge in [0, 0.05) is 43.0 Å². The Balaban J connectivity index is 1.31. The maximum absolute atomic E-state index is 12.9. The van der Waals surface area contributed by atoms with Crippen LogP contribution in [-0.2, 0) is 0 Å². The predicted molar refractivity (Wildman–Crippen MR) is 152 cm³/mol. The van der Waals surface area contributed by atoms with E-state index in [0.29, 0.717) is 54.8 Å². The molecule has 0 saturated carbocycles. The maximum atomic E-state index is 12.9. The molecule has 1 heterocycles. The predicted octanol–water partition coefficient (Wildman–Crippen LogP) is 5.14. The molecule has 2 amide bonds. The van der Waals surface area contributed by atoms with Crippen LogP contribution < -0.4 is 20.3 Å². The summed E-state index contributed by atoms with van der Waals surface area (Å²) >= 11 is 11.9. The van der Waals surface area contributed by atoms with E-state index in [0.717, 1.165) is 16.8 Å². The highest BCUT2D eigenvalue weighted by Gasteiger charge is 2.24. The summed E-state index contributed by atoms with van der Waals surface area (Å²) in [6.07, 6.45) is 0. The summed E-state index contributed by atoms with van der Waals surface area (Å²) in [4.78, 5) is 29.4. The number of hydrogen-bond donors (Lipinski definition) is 2. The number of anilines is 2. The second-order valence-corrected chi connectivity index (χ2v) is 9.44. The minimum Gasteiger partial charge on any atom is -0.494 e. The van der Waals surface area contributed by atoms with Crippen molar-refractivity contribution in [2.75, 3.05) is 43.0 Å². The monoisotopic (exact) mass is 536 g/mol. The van der Waals surface area contributed by atoms with Crippen molar-refractivity contribution in [3.8, 4) is 5.75 Å². The molecule has 4 rings (SSSR count). The lowest BCUT2D eigenvalue weighted by Crippen LogP contribution is -2.49. The van der Waals surface area contributed by atoms with Gasteiger partial charge in [-0.3, -0.25) is 14.9 Å². The van der Waals surface area contributed by atoms with Gasteiger partial charge in [-0.2, -0.15) is 0 Å². The third-order valence-corrected chi connectivity index (χ3v) is 6.65. The average Bonchev–Trinajstić information content (AvgIpc) is 2.89. The van der Waals surface area contributed by atoms with Gasteiger partial charge in [-0.1, -0.05) is 29.8 Å². The molecule has 0 aliphatic carbocycles. The van der Waals surface area contributed by atoms with E-state index in [-0.39, 0.29) is 16.9 Å². The fraction of sp³-hybridized carbons (Fsp3) is 0.250. The van der Waals surface area contributed by atoms with Crippen LogP contribution in [-0.4, -0.2) is 54.6 Å². The lowest BCUT2D eigenvalue weighted by molar-refractivity contribution is 0.0746. The molecule has 1 saturated heterocycles. The number of piperazine rings is 1. The second-order valence-electron chi connectivity index (χ2n) is 8.63. The Kier molecular flexibility index (Phi) is 8.63. The number of rotatable bonds is 6. The Morgan fingerprint density at radius 1 is 1.00 bits per heavy atom. The third-order valence-electron chi connectivity index (χ3n) is 6.14. The Morgan fingerprint density at radius 3 is 2.35 bits per heavy atom. The van der Waals surface area contributed by atoms with Crippen LogP contribution in [0.25, 0.3) is 0 Å². The second kappa shape index (κ2) is 12.1. The van der Waals surface area contributed by atoms with Crippen LogP contribution >= 0.6 is 23.8 Å². The molecule has 37 heavy (non-hydrogen) atoms. The van der Waals surface area contributed by atoms with E-state index in [4.69, 9.17) is 28.6 Å². The highest BCUT2D eigenvalue weighted by Crippen LogP contribution is 2.30. The Hall–Kier alpha value is -3.62. The first-order valence-corrected chi connectivity index (χ1v) is 12.9. The summed E-state index contributed by atoms with van der Waals surface area (Å²) in [5, 5.41) is 6.42.